The average Bonchev–Trinajstić information content (AvgIpc) is 3.21. The summed E-state index contributed by atoms with van der Waals surface area (Å²) < 4.78 is 23.1. The molecule has 3 heterocycles. The van der Waals surface area contributed by atoms with Crippen molar-refractivity contribution < 1.29 is 84.7 Å². The summed E-state index contributed by atoms with van der Waals surface area (Å²) in [5.41, 5.74) is 6.02. The minimum Gasteiger partial charge on any atom is -0.481 e. The van der Waals surface area contributed by atoms with Gasteiger partial charge in [0.1, 0.15) is 18.1 Å². The standard InChI is InChI=1S/C47H73NO17/c1-27-17-15-13-11-9-7-5-6-8-10-12-14-16-18-34(64-46-44(58)41(48)43(57)30(4)63-46)24-38-40(45(59)60)37(54)26-47(61,65-38)25-33(51)22-36(53)35(52)20-19-31(49)21-32(50)23-39(55)62-29(3)28(2)42(27)56/h5-18,27-38,40-44,46,49-54,56-58,61H,19-26,48H2,1-4H3,(H,59,60)/t27-,28+,29-,30-,31+,32-,33-,34-,35-,36+,37-,38-,40+,41+,42+,43-,44-,46-,47+/m0/s1. The topological polar surface area (TPSA) is 320 Å². The van der Waals surface area contributed by atoms with Crippen LogP contribution < -0.4 is 5.73 Å². The lowest BCUT2D eigenvalue weighted by Crippen LogP contribution is -2.61. The smallest absolute Gasteiger partial charge is 0.311 e. The molecule has 0 aromatic carbocycles. The third-order valence-electron chi connectivity index (χ3n) is 12.0. The number of rotatable bonds is 3. The number of carboxylic acids is 1. The van der Waals surface area contributed by atoms with Gasteiger partial charge in [-0.2, -0.15) is 0 Å². The van der Waals surface area contributed by atoms with Gasteiger partial charge in [-0.25, -0.2) is 0 Å². The third-order valence-corrected chi connectivity index (χ3v) is 12.0. The Balaban J connectivity index is 1.86. The molecule has 0 spiro atoms. The van der Waals surface area contributed by atoms with Crippen molar-refractivity contribution in [1.82, 2.24) is 0 Å². The molecule has 0 amide bonds. The van der Waals surface area contributed by atoms with E-state index in [4.69, 9.17) is 24.7 Å². The molecule has 0 aliphatic carbocycles. The predicted molar refractivity (Wildman–Crippen MR) is 237 cm³/mol. The fraction of sp³-hybridized carbons (Fsp3) is 0.660. The Labute approximate surface area is 381 Å². The van der Waals surface area contributed by atoms with Crippen LogP contribution in [-0.4, -0.2) is 166 Å². The summed E-state index contributed by atoms with van der Waals surface area (Å²) in [6, 6.07) is -1.15. The summed E-state index contributed by atoms with van der Waals surface area (Å²) in [6.45, 7) is 6.74. The highest BCUT2D eigenvalue weighted by Crippen LogP contribution is 2.38. The number of aliphatic hydroxyl groups is 10. The molecule has 19 atom stereocenters. The second kappa shape index (κ2) is 27.4. The van der Waals surface area contributed by atoms with Gasteiger partial charge in [-0.15, -0.1) is 0 Å². The summed E-state index contributed by atoms with van der Waals surface area (Å²) in [5, 5.41) is 118. The van der Waals surface area contributed by atoms with E-state index < -0.39 is 147 Å². The minimum absolute atomic E-state index is 0.107. The van der Waals surface area contributed by atoms with Gasteiger partial charge in [-0.1, -0.05) is 98.9 Å². The number of nitrogens with two attached hydrogens (primary N) is 1. The molecular weight excluding hydrogens is 851 g/mol. The molecule has 18 heteroatoms. The van der Waals surface area contributed by atoms with E-state index in [1.807, 2.05) is 19.1 Å². The number of esters is 1. The highest BCUT2D eigenvalue weighted by molar-refractivity contribution is 5.71. The van der Waals surface area contributed by atoms with Crippen molar-refractivity contribution in [3.8, 4) is 0 Å². The highest BCUT2D eigenvalue weighted by Gasteiger charge is 2.51. The normalized spacial score (nSPS) is 42.0. The molecule has 368 valence electrons. The van der Waals surface area contributed by atoms with Crippen LogP contribution in [-0.2, 0) is 28.5 Å². The number of hydrogen-bond donors (Lipinski definition) is 12. The molecule has 3 rings (SSSR count). The molecule has 2 bridgehead atoms. The number of fused-ring (bicyclic) bond motifs is 2. The first kappa shape index (κ1) is 55.9. The van der Waals surface area contributed by atoms with E-state index in [1.165, 1.54) is 13.0 Å². The van der Waals surface area contributed by atoms with E-state index in [1.54, 1.807) is 80.7 Å². The Hall–Kier alpha value is -3.44. The number of carboxylic acid groups (broad SMARTS) is 1. The van der Waals surface area contributed by atoms with Crippen LogP contribution in [0.1, 0.15) is 79.1 Å². The van der Waals surface area contributed by atoms with Crippen LogP contribution >= 0.6 is 0 Å². The predicted octanol–water partition coefficient (Wildman–Crippen LogP) is 0.712. The number of hydrogen-bond acceptors (Lipinski definition) is 17. The van der Waals surface area contributed by atoms with Gasteiger partial charge in [0.05, 0.1) is 79.6 Å². The number of carbonyl (C=O) groups is 2. The van der Waals surface area contributed by atoms with Crippen LogP contribution in [0.15, 0.2) is 85.1 Å². The van der Waals surface area contributed by atoms with Gasteiger partial charge in [0.25, 0.3) is 0 Å². The molecule has 2 saturated heterocycles. The lowest BCUT2D eigenvalue weighted by molar-refractivity contribution is -0.308. The van der Waals surface area contributed by atoms with E-state index in [9.17, 15) is 65.8 Å². The lowest BCUT2D eigenvalue weighted by Gasteiger charge is -2.45. The van der Waals surface area contributed by atoms with Gasteiger partial charge in [0, 0.05) is 37.5 Å². The number of cyclic esters (lactones) is 1. The molecule has 0 saturated carbocycles. The molecule has 2 fully saturated rings. The maximum atomic E-state index is 12.6. The zero-order valence-corrected chi connectivity index (χ0v) is 37.6. The monoisotopic (exact) mass is 923 g/mol. The third kappa shape index (κ3) is 18.6. The first-order valence-electron chi connectivity index (χ1n) is 22.3. The average molecular weight is 924 g/mol. The first-order valence-corrected chi connectivity index (χ1v) is 22.3. The zero-order valence-electron chi connectivity index (χ0n) is 37.6. The number of allylic oxidation sites excluding steroid dienone is 12. The fourth-order valence-electron chi connectivity index (χ4n) is 7.97. The Kier molecular flexibility index (Phi) is 23.6. The highest BCUT2D eigenvalue weighted by atomic mass is 16.7. The van der Waals surface area contributed by atoms with Crippen molar-refractivity contribution in [1.29, 1.82) is 0 Å². The van der Waals surface area contributed by atoms with Crippen molar-refractivity contribution in [3.63, 3.8) is 0 Å². The van der Waals surface area contributed by atoms with Gasteiger partial charge in [0.15, 0.2) is 12.1 Å². The molecule has 13 N–H and O–H groups in total. The zero-order chi connectivity index (χ0) is 48.4. The molecule has 3 aliphatic rings. The van der Waals surface area contributed by atoms with E-state index in [0.717, 1.165) is 0 Å². The second-order valence-corrected chi connectivity index (χ2v) is 17.6. The lowest BCUT2D eigenvalue weighted by atomic mass is 9.82. The molecule has 3 aliphatic heterocycles. The van der Waals surface area contributed by atoms with E-state index in [2.05, 4.69) is 0 Å². The fourth-order valence-corrected chi connectivity index (χ4v) is 7.97. The number of aliphatic carboxylic acids is 1. The molecule has 65 heavy (non-hydrogen) atoms. The quantitative estimate of drug-likeness (QED) is 0.174. The van der Waals surface area contributed by atoms with Crippen LogP contribution in [0.3, 0.4) is 0 Å². The summed E-state index contributed by atoms with van der Waals surface area (Å²) in [6.07, 6.45) is 3.46. The van der Waals surface area contributed by atoms with Crippen molar-refractivity contribution in [2.24, 2.45) is 23.5 Å². The van der Waals surface area contributed by atoms with Crippen molar-refractivity contribution >= 4 is 11.9 Å². The molecule has 0 aromatic rings. The second-order valence-electron chi connectivity index (χ2n) is 17.6. The SMILES string of the molecule is C[C@H]1[C@H](O)[C@@H](C)C=CC=CC=CC=CC=CC=CC=C[C@H](O[C@@H]2O[C@@H](C)[C@H](O)[C@@H](N)[C@@H]2O)C[C@@H]2O[C@](O)(C[C@@H](O)C[C@@H](O)[C@@H](O)CC[C@@H](O)C[C@H](O)CC(=O)O[C@H]1C)C[C@H](O)[C@H]2C(=O)O. The van der Waals surface area contributed by atoms with Crippen molar-refractivity contribution in [3.05, 3.63) is 85.1 Å². The maximum absolute atomic E-state index is 12.6. The van der Waals surface area contributed by atoms with Gasteiger partial charge in [0.2, 0.25) is 0 Å². The van der Waals surface area contributed by atoms with E-state index in [0.29, 0.717) is 0 Å². The van der Waals surface area contributed by atoms with Crippen molar-refractivity contribution in [2.75, 3.05) is 0 Å². The van der Waals surface area contributed by atoms with Crippen LogP contribution in [0.5, 0.6) is 0 Å². The Morgan fingerprint density at radius 1 is 0.662 bits per heavy atom. The molecule has 0 radical (unpaired) electrons. The van der Waals surface area contributed by atoms with Crippen LogP contribution in [0, 0.1) is 17.8 Å². The molecule has 0 unspecified atom stereocenters. The summed E-state index contributed by atoms with van der Waals surface area (Å²) in [5.74, 6) is -6.83. The van der Waals surface area contributed by atoms with E-state index >= 15 is 0 Å². The van der Waals surface area contributed by atoms with Crippen LogP contribution in [0.4, 0.5) is 0 Å². The summed E-state index contributed by atoms with van der Waals surface area (Å²) in [4.78, 5) is 25.1. The Bertz CT molecular complexity index is 1670. The summed E-state index contributed by atoms with van der Waals surface area (Å²) >= 11 is 0. The number of aliphatic hydroxyl groups excluding tert-OH is 9. The van der Waals surface area contributed by atoms with Gasteiger partial charge in [-0.3, -0.25) is 9.59 Å². The summed E-state index contributed by atoms with van der Waals surface area (Å²) in [7, 11) is 0. The van der Waals surface area contributed by atoms with Crippen LogP contribution in [0.2, 0.25) is 0 Å². The largest absolute Gasteiger partial charge is 0.481 e. The Morgan fingerprint density at radius 3 is 1.82 bits per heavy atom. The van der Waals surface area contributed by atoms with Crippen molar-refractivity contribution in [2.45, 2.75) is 177 Å². The number of carbonyl (C=O) groups excluding carboxylic acids is 1. The van der Waals surface area contributed by atoms with Gasteiger partial charge in [-0.05, 0) is 33.1 Å². The van der Waals surface area contributed by atoms with E-state index in [-0.39, 0.29) is 31.6 Å². The van der Waals surface area contributed by atoms with Crippen LogP contribution in [0.25, 0.3) is 0 Å². The molecular formula is C47H73NO17. The molecule has 0 aromatic heterocycles. The Morgan fingerprint density at radius 2 is 1.23 bits per heavy atom. The first-order chi connectivity index (χ1) is 30.6. The van der Waals surface area contributed by atoms with Gasteiger partial charge >= 0.3 is 11.9 Å². The maximum Gasteiger partial charge on any atom is 0.311 e. The number of ether oxygens (including phenoxy) is 4. The minimum atomic E-state index is -2.33. The molecule has 18 nitrogen and oxygen atoms in total. The van der Waals surface area contributed by atoms with Gasteiger partial charge < -0.3 is 80.9 Å².